The molecule has 5 nitrogen and oxygen atoms in total. The maximum Gasteiger partial charge on any atom is 0.305 e. The standard InChI is InChI=1S/C14H22N2O3/c1-3-12-10-11(7-8-14(17)18-2)15-16(12)13-6-4-5-9-19-13/h10,13H,3-9H2,1-2H3. The van der Waals surface area contributed by atoms with Crippen LogP contribution in [0.1, 0.15) is 50.2 Å². The highest BCUT2D eigenvalue weighted by Crippen LogP contribution is 2.24. The van der Waals surface area contributed by atoms with Crippen molar-refractivity contribution in [2.75, 3.05) is 13.7 Å². The molecule has 1 saturated heterocycles. The molecule has 0 bridgehead atoms. The first kappa shape index (κ1) is 14.1. The zero-order chi connectivity index (χ0) is 13.7. The van der Waals surface area contributed by atoms with Crippen molar-refractivity contribution in [1.29, 1.82) is 0 Å². The highest BCUT2D eigenvalue weighted by Gasteiger charge is 2.19. The van der Waals surface area contributed by atoms with Crippen LogP contribution in [0.15, 0.2) is 6.07 Å². The summed E-state index contributed by atoms with van der Waals surface area (Å²) in [6, 6.07) is 2.07. The number of hydrogen-bond donors (Lipinski definition) is 0. The normalized spacial score (nSPS) is 19.4. The number of methoxy groups -OCH3 is 1. The van der Waals surface area contributed by atoms with Gasteiger partial charge < -0.3 is 9.47 Å². The quantitative estimate of drug-likeness (QED) is 0.767. The largest absolute Gasteiger partial charge is 0.469 e. The lowest BCUT2D eigenvalue weighted by molar-refractivity contribution is -0.140. The van der Waals surface area contributed by atoms with Crippen molar-refractivity contribution in [2.24, 2.45) is 0 Å². The van der Waals surface area contributed by atoms with Crippen molar-refractivity contribution in [2.45, 2.75) is 51.7 Å². The van der Waals surface area contributed by atoms with E-state index in [0.29, 0.717) is 12.8 Å². The van der Waals surface area contributed by atoms with Gasteiger partial charge in [0.25, 0.3) is 0 Å². The molecule has 0 aromatic carbocycles. The van der Waals surface area contributed by atoms with Crippen molar-refractivity contribution in [3.8, 4) is 0 Å². The van der Waals surface area contributed by atoms with Gasteiger partial charge in [-0.25, -0.2) is 4.68 Å². The van der Waals surface area contributed by atoms with Gasteiger partial charge in [-0.15, -0.1) is 0 Å². The Hall–Kier alpha value is -1.36. The minimum atomic E-state index is -0.193. The van der Waals surface area contributed by atoms with E-state index >= 15 is 0 Å². The second-order valence-electron chi connectivity index (χ2n) is 4.82. The predicted molar refractivity (Wildman–Crippen MR) is 70.8 cm³/mol. The number of esters is 1. The minimum Gasteiger partial charge on any atom is -0.469 e. The van der Waals surface area contributed by atoms with Crippen LogP contribution < -0.4 is 0 Å². The maximum absolute atomic E-state index is 11.2. The van der Waals surface area contributed by atoms with Crippen molar-refractivity contribution < 1.29 is 14.3 Å². The molecule has 0 aliphatic carbocycles. The van der Waals surface area contributed by atoms with Crippen molar-refractivity contribution >= 4 is 5.97 Å². The summed E-state index contributed by atoms with van der Waals surface area (Å²) >= 11 is 0. The van der Waals surface area contributed by atoms with Crippen molar-refractivity contribution in [3.05, 3.63) is 17.5 Å². The lowest BCUT2D eigenvalue weighted by Gasteiger charge is -2.24. The number of aromatic nitrogens is 2. The Balaban J connectivity index is 2.05. The number of ether oxygens (including phenoxy) is 2. The average Bonchev–Trinajstić information content (AvgIpc) is 2.89. The molecule has 0 radical (unpaired) electrons. The molecule has 0 amide bonds. The van der Waals surface area contributed by atoms with Gasteiger partial charge in [0, 0.05) is 18.7 Å². The number of carbonyl (C=O) groups excluding carboxylic acids is 1. The van der Waals surface area contributed by atoms with Gasteiger partial charge in [-0.3, -0.25) is 4.79 Å². The third kappa shape index (κ3) is 3.56. The van der Waals surface area contributed by atoms with E-state index in [1.807, 2.05) is 4.68 Å². The number of rotatable bonds is 5. The van der Waals surface area contributed by atoms with Crippen molar-refractivity contribution in [3.63, 3.8) is 0 Å². The second-order valence-corrected chi connectivity index (χ2v) is 4.82. The number of carbonyl (C=O) groups is 1. The van der Waals surface area contributed by atoms with Gasteiger partial charge in [0.05, 0.1) is 19.2 Å². The van der Waals surface area contributed by atoms with Crippen LogP contribution in [0.2, 0.25) is 0 Å². The smallest absolute Gasteiger partial charge is 0.305 e. The number of nitrogens with zero attached hydrogens (tertiary/aromatic N) is 2. The molecule has 0 spiro atoms. The Bertz CT molecular complexity index is 422. The SMILES string of the molecule is CCc1cc(CCC(=O)OC)nn1C1CCCCO1. The fourth-order valence-electron chi connectivity index (χ4n) is 2.37. The predicted octanol–water partition coefficient (Wildman–Crippen LogP) is 2.25. The summed E-state index contributed by atoms with van der Waals surface area (Å²) in [5, 5.41) is 4.59. The molecule has 0 N–H and O–H groups in total. The summed E-state index contributed by atoms with van der Waals surface area (Å²) in [7, 11) is 1.41. The molecule has 1 aliphatic heterocycles. The lowest BCUT2D eigenvalue weighted by atomic mass is 10.2. The molecule has 106 valence electrons. The first-order valence-corrected chi connectivity index (χ1v) is 7.00. The van der Waals surface area contributed by atoms with Crippen LogP contribution in [0, 0.1) is 0 Å². The van der Waals surface area contributed by atoms with E-state index < -0.39 is 0 Å². The van der Waals surface area contributed by atoms with Crippen LogP contribution in [-0.4, -0.2) is 29.5 Å². The second kappa shape index (κ2) is 6.70. The van der Waals surface area contributed by atoms with E-state index in [-0.39, 0.29) is 12.2 Å². The zero-order valence-corrected chi connectivity index (χ0v) is 11.7. The van der Waals surface area contributed by atoms with Crippen LogP contribution in [0.5, 0.6) is 0 Å². The molecule has 2 rings (SSSR count). The van der Waals surface area contributed by atoms with E-state index in [2.05, 4.69) is 22.8 Å². The lowest BCUT2D eigenvalue weighted by Crippen LogP contribution is -2.21. The highest BCUT2D eigenvalue weighted by molar-refractivity contribution is 5.69. The summed E-state index contributed by atoms with van der Waals surface area (Å²) in [6.07, 6.45) is 5.33. The van der Waals surface area contributed by atoms with Gasteiger partial charge in [-0.2, -0.15) is 5.10 Å². The first-order valence-electron chi connectivity index (χ1n) is 7.00. The Kier molecular flexibility index (Phi) is 4.96. The molecular formula is C14H22N2O3. The Morgan fingerprint density at radius 1 is 1.58 bits per heavy atom. The molecule has 1 aromatic heterocycles. The summed E-state index contributed by atoms with van der Waals surface area (Å²) in [6.45, 7) is 2.92. The van der Waals surface area contributed by atoms with Crippen LogP contribution in [0.4, 0.5) is 0 Å². The molecule has 1 aromatic rings. The molecular weight excluding hydrogens is 244 g/mol. The molecule has 19 heavy (non-hydrogen) atoms. The van der Waals surface area contributed by atoms with E-state index in [4.69, 9.17) is 4.74 Å². The fourth-order valence-corrected chi connectivity index (χ4v) is 2.37. The van der Waals surface area contributed by atoms with Crippen molar-refractivity contribution in [1.82, 2.24) is 9.78 Å². The molecule has 1 fully saturated rings. The highest BCUT2D eigenvalue weighted by atomic mass is 16.5. The molecule has 5 heteroatoms. The maximum atomic E-state index is 11.2. The summed E-state index contributed by atoms with van der Waals surface area (Å²) in [4.78, 5) is 11.2. The van der Waals surface area contributed by atoms with Gasteiger partial charge in [-0.05, 0) is 31.7 Å². The molecule has 2 heterocycles. The molecule has 1 aliphatic rings. The first-order chi connectivity index (χ1) is 9.24. The Morgan fingerprint density at radius 2 is 2.42 bits per heavy atom. The van der Waals surface area contributed by atoms with Gasteiger partial charge in [-0.1, -0.05) is 6.92 Å². The molecule has 1 atom stereocenters. The van der Waals surface area contributed by atoms with E-state index in [1.54, 1.807) is 0 Å². The average molecular weight is 266 g/mol. The summed E-state index contributed by atoms with van der Waals surface area (Å²) in [5.41, 5.74) is 2.11. The van der Waals surface area contributed by atoms with Crippen LogP contribution >= 0.6 is 0 Å². The summed E-state index contributed by atoms with van der Waals surface area (Å²) < 4.78 is 12.4. The number of aryl methyl sites for hydroxylation is 2. The minimum absolute atomic E-state index is 0.0653. The Labute approximate surface area is 113 Å². The Morgan fingerprint density at radius 3 is 3.05 bits per heavy atom. The van der Waals surface area contributed by atoms with Crippen LogP contribution in [0.3, 0.4) is 0 Å². The topological polar surface area (TPSA) is 53.3 Å². The van der Waals surface area contributed by atoms with Crippen LogP contribution in [0.25, 0.3) is 0 Å². The molecule has 1 unspecified atom stereocenters. The van der Waals surface area contributed by atoms with Crippen LogP contribution in [-0.2, 0) is 27.1 Å². The molecule has 0 saturated carbocycles. The third-order valence-electron chi connectivity index (χ3n) is 3.47. The van der Waals surface area contributed by atoms with Gasteiger partial charge in [0.15, 0.2) is 0 Å². The monoisotopic (exact) mass is 266 g/mol. The van der Waals surface area contributed by atoms with Gasteiger partial charge >= 0.3 is 5.97 Å². The van der Waals surface area contributed by atoms with E-state index in [1.165, 1.54) is 19.2 Å². The van der Waals surface area contributed by atoms with Gasteiger partial charge in [0.2, 0.25) is 0 Å². The fraction of sp³-hybridized carbons (Fsp3) is 0.714. The van der Waals surface area contributed by atoms with E-state index in [0.717, 1.165) is 31.6 Å². The summed E-state index contributed by atoms with van der Waals surface area (Å²) in [5.74, 6) is -0.193. The van der Waals surface area contributed by atoms with E-state index in [9.17, 15) is 4.79 Å². The third-order valence-corrected chi connectivity index (χ3v) is 3.47. The number of hydrogen-bond acceptors (Lipinski definition) is 4. The van der Waals surface area contributed by atoms with Gasteiger partial charge in [0.1, 0.15) is 6.23 Å². The zero-order valence-electron chi connectivity index (χ0n) is 11.7.